The van der Waals surface area contributed by atoms with Crippen LogP contribution in [0.15, 0.2) is 72.3 Å². The van der Waals surface area contributed by atoms with Crippen LogP contribution in [-0.4, -0.2) is 12.5 Å². The summed E-state index contributed by atoms with van der Waals surface area (Å²) in [5, 5.41) is 5.11. The maximum absolute atomic E-state index is 12.0. The quantitative estimate of drug-likeness (QED) is 0.756. The zero-order chi connectivity index (χ0) is 17.4. The van der Waals surface area contributed by atoms with Crippen LogP contribution in [0.4, 0.5) is 0 Å². The van der Waals surface area contributed by atoms with Gasteiger partial charge in [-0.2, -0.15) is 0 Å². The minimum Gasteiger partial charge on any atom is -0.402 e. The van der Waals surface area contributed by atoms with Crippen molar-refractivity contribution in [3.05, 3.63) is 88.4 Å². The van der Waals surface area contributed by atoms with Crippen molar-refractivity contribution in [1.29, 1.82) is 0 Å². The first-order chi connectivity index (χ1) is 11.6. The normalized spacial score (nSPS) is 11.1. The Morgan fingerprint density at radius 3 is 2.54 bits per heavy atom. The van der Waals surface area contributed by atoms with E-state index in [1.165, 1.54) is 11.8 Å². The molecule has 0 aliphatic rings. The molecule has 2 aromatic rings. The Hall–Kier alpha value is -2.17. The molecular weight excluding hydrogens is 340 g/mol. The first-order valence-corrected chi connectivity index (χ1v) is 8.72. The predicted molar refractivity (Wildman–Crippen MR) is 104 cm³/mol. The summed E-state index contributed by atoms with van der Waals surface area (Å²) in [5.41, 5.74) is 8.20. The SMILES string of the molecule is C=C(S/C=C(\N)CCNC(=O)c1ccccc1Cl)c1ccccc1. The average molecular weight is 359 g/mol. The molecule has 0 aliphatic carbocycles. The molecule has 0 heterocycles. The van der Waals surface area contributed by atoms with Crippen molar-refractivity contribution in [1.82, 2.24) is 5.32 Å². The summed E-state index contributed by atoms with van der Waals surface area (Å²) in [4.78, 5) is 13.0. The van der Waals surface area contributed by atoms with Crippen LogP contribution in [0.5, 0.6) is 0 Å². The third-order valence-electron chi connectivity index (χ3n) is 3.27. The van der Waals surface area contributed by atoms with Crippen LogP contribution in [0.2, 0.25) is 5.02 Å². The standard InChI is InChI=1S/C19H19ClN2OS/c1-14(15-7-3-2-4-8-15)24-13-16(21)11-12-22-19(23)17-9-5-6-10-18(17)20/h2-10,13H,1,11-12,21H2,(H,22,23)/b16-13-. The molecule has 3 nitrogen and oxygen atoms in total. The lowest BCUT2D eigenvalue weighted by Gasteiger charge is -2.07. The number of hydrogen-bond donors (Lipinski definition) is 2. The molecule has 0 aromatic heterocycles. The highest BCUT2D eigenvalue weighted by molar-refractivity contribution is 8.10. The van der Waals surface area contributed by atoms with Gasteiger partial charge in [-0.1, -0.05) is 72.4 Å². The first-order valence-electron chi connectivity index (χ1n) is 7.46. The van der Waals surface area contributed by atoms with Crippen LogP contribution in [0.3, 0.4) is 0 Å². The number of rotatable bonds is 7. The average Bonchev–Trinajstić information content (AvgIpc) is 2.60. The Bertz CT molecular complexity index is 744. The van der Waals surface area contributed by atoms with Gasteiger partial charge in [0.2, 0.25) is 0 Å². The van der Waals surface area contributed by atoms with Crippen molar-refractivity contribution in [2.45, 2.75) is 6.42 Å². The Kier molecular flexibility index (Phi) is 6.97. The molecule has 24 heavy (non-hydrogen) atoms. The van der Waals surface area contributed by atoms with E-state index in [1.54, 1.807) is 24.3 Å². The first kappa shape index (κ1) is 18.2. The molecule has 0 spiro atoms. The van der Waals surface area contributed by atoms with Crippen LogP contribution in [-0.2, 0) is 0 Å². The van der Waals surface area contributed by atoms with E-state index in [2.05, 4.69) is 11.9 Å². The smallest absolute Gasteiger partial charge is 0.252 e. The third-order valence-corrected chi connectivity index (χ3v) is 4.54. The minimum absolute atomic E-state index is 0.199. The molecule has 1 amide bonds. The van der Waals surface area contributed by atoms with Crippen LogP contribution in [0.25, 0.3) is 4.91 Å². The third kappa shape index (κ3) is 5.48. The van der Waals surface area contributed by atoms with Crippen LogP contribution >= 0.6 is 23.4 Å². The molecule has 124 valence electrons. The van der Waals surface area contributed by atoms with Gasteiger partial charge in [-0.25, -0.2) is 0 Å². The lowest BCUT2D eigenvalue weighted by molar-refractivity contribution is 0.0954. The second-order valence-corrected chi connectivity index (χ2v) is 6.46. The zero-order valence-corrected chi connectivity index (χ0v) is 14.7. The predicted octanol–water partition coefficient (Wildman–Crippen LogP) is 4.66. The summed E-state index contributed by atoms with van der Waals surface area (Å²) in [6, 6.07) is 16.9. The maximum atomic E-state index is 12.0. The number of benzene rings is 2. The Morgan fingerprint density at radius 2 is 1.83 bits per heavy atom. The highest BCUT2D eigenvalue weighted by Crippen LogP contribution is 2.26. The monoisotopic (exact) mass is 358 g/mol. The number of carbonyl (C=O) groups excluding carboxylic acids is 1. The summed E-state index contributed by atoms with van der Waals surface area (Å²) < 4.78 is 0. The van der Waals surface area contributed by atoms with E-state index in [-0.39, 0.29) is 5.91 Å². The van der Waals surface area contributed by atoms with Gasteiger partial charge in [0.15, 0.2) is 0 Å². The van der Waals surface area contributed by atoms with Gasteiger partial charge in [0.25, 0.3) is 5.91 Å². The van der Waals surface area contributed by atoms with Gasteiger partial charge in [0.05, 0.1) is 10.6 Å². The molecule has 0 atom stereocenters. The van der Waals surface area contributed by atoms with Crippen molar-refractivity contribution < 1.29 is 4.79 Å². The lowest BCUT2D eigenvalue weighted by Crippen LogP contribution is -2.25. The molecule has 3 N–H and O–H groups in total. The molecule has 0 fully saturated rings. The van der Waals surface area contributed by atoms with E-state index in [0.29, 0.717) is 29.2 Å². The molecular formula is C19H19ClN2OS. The largest absolute Gasteiger partial charge is 0.402 e. The van der Waals surface area contributed by atoms with Gasteiger partial charge in [-0.15, -0.1) is 0 Å². The van der Waals surface area contributed by atoms with Gasteiger partial charge >= 0.3 is 0 Å². The molecule has 0 bridgehead atoms. The van der Waals surface area contributed by atoms with Crippen molar-refractivity contribution in [3.8, 4) is 0 Å². The van der Waals surface area contributed by atoms with E-state index in [9.17, 15) is 4.79 Å². The number of thioether (sulfide) groups is 1. The molecule has 0 aliphatic heterocycles. The summed E-state index contributed by atoms with van der Waals surface area (Å²) >= 11 is 7.47. The zero-order valence-electron chi connectivity index (χ0n) is 13.2. The molecule has 2 aromatic carbocycles. The number of carbonyl (C=O) groups is 1. The molecule has 0 unspecified atom stereocenters. The van der Waals surface area contributed by atoms with Gasteiger partial charge in [-0.05, 0) is 23.1 Å². The highest BCUT2D eigenvalue weighted by atomic mass is 35.5. The Balaban J connectivity index is 1.78. The van der Waals surface area contributed by atoms with Gasteiger partial charge in [0, 0.05) is 23.6 Å². The van der Waals surface area contributed by atoms with Crippen LogP contribution in [0, 0.1) is 0 Å². The van der Waals surface area contributed by atoms with Gasteiger partial charge in [0.1, 0.15) is 0 Å². The van der Waals surface area contributed by atoms with E-state index in [4.69, 9.17) is 17.3 Å². The van der Waals surface area contributed by atoms with E-state index < -0.39 is 0 Å². The Labute approximate surface area is 151 Å². The topological polar surface area (TPSA) is 55.1 Å². The van der Waals surface area contributed by atoms with Gasteiger partial charge in [-0.3, -0.25) is 4.79 Å². The van der Waals surface area contributed by atoms with Crippen molar-refractivity contribution in [2.75, 3.05) is 6.54 Å². The van der Waals surface area contributed by atoms with Crippen molar-refractivity contribution >= 4 is 34.2 Å². The molecule has 0 saturated carbocycles. The number of amides is 1. The van der Waals surface area contributed by atoms with Crippen LogP contribution < -0.4 is 11.1 Å². The molecule has 0 saturated heterocycles. The summed E-state index contributed by atoms with van der Waals surface area (Å²) in [6.07, 6.45) is 0.561. The Morgan fingerprint density at radius 1 is 1.17 bits per heavy atom. The number of nitrogens with one attached hydrogen (secondary N) is 1. The minimum atomic E-state index is -0.199. The van der Waals surface area contributed by atoms with Crippen molar-refractivity contribution in [3.63, 3.8) is 0 Å². The molecule has 0 radical (unpaired) electrons. The van der Waals surface area contributed by atoms with Crippen LogP contribution in [0.1, 0.15) is 22.3 Å². The van der Waals surface area contributed by atoms with Crippen molar-refractivity contribution in [2.24, 2.45) is 5.73 Å². The number of nitrogens with two attached hydrogens (primary N) is 1. The summed E-state index contributed by atoms with van der Waals surface area (Å²) in [5.74, 6) is -0.199. The fourth-order valence-electron chi connectivity index (χ4n) is 1.96. The maximum Gasteiger partial charge on any atom is 0.252 e. The second kappa shape index (κ2) is 9.21. The fourth-order valence-corrected chi connectivity index (χ4v) is 2.86. The van der Waals surface area contributed by atoms with E-state index >= 15 is 0 Å². The lowest BCUT2D eigenvalue weighted by atomic mass is 10.2. The molecule has 2 rings (SSSR count). The second-order valence-electron chi connectivity index (χ2n) is 5.09. The summed E-state index contributed by atoms with van der Waals surface area (Å²) in [7, 11) is 0. The van der Waals surface area contributed by atoms with Gasteiger partial charge < -0.3 is 11.1 Å². The number of halogens is 1. The van der Waals surface area contributed by atoms with E-state index in [1.807, 2.05) is 35.7 Å². The fraction of sp³-hybridized carbons (Fsp3) is 0.105. The molecule has 5 heteroatoms. The number of hydrogen-bond acceptors (Lipinski definition) is 3. The summed E-state index contributed by atoms with van der Waals surface area (Å²) in [6.45, 7) is 4.48. The highest BCUT2D eigenvalue weighted by Gasteiger charge is 2.08. The van der Waals surface area contributed by atoms with E-state index in [0.717, 1.165) is 10.5 Å².